The van der Waals surface area contributed by atoms with Crippen LogP contribution in [0.15, 0.2) is 48.5 Å². The molecule has 33 heavy (non-hydrogen) atoms. The van der Waals surface area contributed by atoms with Crippen LogP contribution in [-0.2, 0) is 9.53 Å². The first-order valence-electron chi connectivity index (χ1n) is 10.9. The van der Waals surface area contributed by atoms with Crippen LogP contribution in [0.5, 0.6) is 0 Å². The quantitative estimate of drug-likeness (QED) is 0.285. The summed E-state index contributed by atoms with van der Waals surface area (Å²) < 4.78 is 4.94. The van der Waals surface area contributed by atoms with Gasteiger partial charge in [-0.1, -0.05) is 18.2 Å². The van der Waals surface area contributed by atoms with Gasteiger partial charge < -0.3 is 20.7 Å². The van der Waals surface area contributed by atoms with Crippen LogP contribution in [0.25, 0.3) is 0 Å². The van der Waals surface area contributed by atoms with Crippen LogP contribution < -0.4 is 16.0 Å². The molecule has 176 valence electrons. The Balaban J connectivity index is 1.49. The van der Waals surface area contributed by atoms with E-state index in [9.17, 15) is 19.7 Å². The number of carbonyl (C=O) groups is 2. The van der Waals surface area contributed by atoms with Gasteiger partial charge in [-0.25, -0.2) is 0 Å². The molecule has 3 N–H and O–H groups in total. The third kappa shape index (κ3) is 7.26. The van der Waals surface area contributed by atoms with Gasteiger partial charge in [-0.15, -0.1) is 0 Å². The number of nitrogens with one attached hydrogen (secondary N) is 3. The lowest BCUT2D eigenvalue weighted by atomic mass is 10.0. The minimum atomic E-state index is -0.509. The molecule has 3 rings (SSSR count). The Morgan fingerprint density at radius 1 is 1.15 bits per heavy atom. The highest BCUT2D eigenvalue weighted by atomic mass is 16.6. The third-order valence-electron chi connectivity index (χ3n) is 5.43. The van der Waals surface area contributed by atoms with Crippen LogP contribution in [0.2, 0.25) is 0 Å². The number of nitro benzene ring substituents is 1. The van der Waals surface area contributed by atoms with E-state index in [0.29, 0.717) is 51.3 Å². The third-order valence-corrected chi connectivity index (χ3v) is 5.43. The molecule has 1 saturated heterocycles. The van der Waals surface area contributed by atoms with Crippen molar-refractivity contribution < 1.29 is 19.2 Å². The molecule has 0 spiro atoms. The van der Waals surface area contributed by atoms with E-state index in [1.165, 1.54) is 12.1 Å². The van der Waals surface area contributed by atoms with Gasteiger partial charge in [0.25, 0.3) is 11.6 Å². The van der Waals surface area contributed by atoms with Crippen molar-refractivity contribution in [2.45, 2.75) is 18.9 Å². The molecule has 0 atom stereocenters. The summed E-state index contributed by atoms with van der Waals surface area (Å²) in [5.74, 6) is -0.419. The molecule has 1 aliphatic heterocycles. The molecular formula is C23H29N5O5. The summed E-state index contributed by atoms with van der Waals surface area (Å²) >= 11 is 0. The molecule has 1 fully saturated rings. The molecule has 0 aliphatic carbocycles. The predicted octanol–water partition coefficient (Wildman–Crippen LogP) is 2.49. The van der Waals surface area contributed by atoms with Crippen molar-refractivity contribution >= 4 is 28.9 Å². The van der Waals surface area contributed by atoms with Crippen LogP contribution in [-0.4, -0.2) is 67.6 Å². The number of hydrogen-bond donors (Lipinski definition) is 3. The normalized spacial score (nSPS) is 14.5. The summed E-state index contributed by atoms with van der Waals surface area (Å²) in [7, 11) is 1.55. The Morgan fingerprint density at radius 3 is 2.55 bits per heavy atom. The highest BCUT2D eigenvalue weighted by molar-refractivity contribution is 5.96. The van der Waals surface area contributed by atoms with Crippen molar-refractivity contribution in [2.75, 3.05) is 50.5 Å². The monoisotopic (exact) mass is 455 g/mol. The Kier molecular flexibility index (Phi) is 8.73. The van der Waals surface area contributed by atoms with Gasteiger partial charge in [-0.3, -0.25) is 24.6 Å². The SMILES string of the molecule is COCCNc1ccc(C(=O)NC2CCN(CC(=O)Nc3ccccc3)CC2)cc1[N+](=O)[O-]. The van der Waals surface area contributed by atoms with Crippen molar-refractivity contribution in [1.82, 2.24) is 10.2 Å². The van der Waals surface area contributed by atoms with Crippen LogP contribution >= 0.6 is 0 Å². The molecule has 0 unspecified atom stereocenters. The molecule has 2 aromatic rings. The fourth-order valence-corrected chi connectivity index (χ4v) is 3.69. The number of rotatable bonds is 10. The number of amides is 2. The maximum absolute atomic E-state index is 12.7. The van der Waals surface area contributed by atoms with Gasteiger partial charge in [-0.2, -0.15) is 0 Å². The lowest BCUT2D eigenvalue weighted by molar-refractivity contribution is -0.384. The van der Waals surface area contributed by atoms with Gasteiger partial charge in [0.05, 0.1) is 18.1 Å². The number of carbonyl (C=O) groups excluding carboxylic acids is 2. The molecule has 0 bridgehead atoms. The average Bonchev–Trinajstić information content (AvgIpc) is 2.81. The van der Waals surface area contributed by atoms with E-state index < -0.39 is 4.92 Å². The Bertz CT molecular complexity index is 961. The largest absolute Gasteiger partial charge is 0.383 e. The van der Waals surface area contributed by atoms with Gasteiger partial charge in [-0.05, 0) is 37.1 Å². The Morgan fingerprint density at radius 2 is 1.88 bits per heavy atom. The van der Waals surface area contributed by atoms with E-state index in [1.54, 1.807) is 13.2 Å². The van der Waals surface area contributed by atoms with E-state index in [2.05, 4.69) is 16.0 Å². The van der Waals surface area contributed by atoms with Crippen LogP contribution in [0.3, 0.4) is 0 Å². The number of anilines is 2. The van der Waals surface area contributed by atoms with Crippen LogP contribution in [0, 0.1) is 10.1 Å². The molecule has 0 aromatic heterocycles. The van der Waals surface area contributed by atoms with Gasteiger partial charge in [0.1, 0.15) is 5.69 Å². The van der Waals surface area contributed by atoms with Crippen LogP contribution in [0.4, 0.5) is 17.1 Å². The lowest BCUT2D eigenvalue weighted by Gasteiger charge is -2.31. The smallest absolute Gasteiger partial charge is 0.293 e. The second-order valence-corrected chi connectivity index (χ2v) is 7.85. The van der Waals surface area contributed by atoms with E-state index in [0.717, 1.165) is 5.69 Å². The average molecular weight is 456 g/mol. The number of hydrogen-bond acceptors (Lipinski definition) is 7. The summed E-state index contributed by atoms with van der Waals surface area (Å²) in [6.45, 7) is 2.47. The summed E-state index contributed by atoms with van der Waals surface area (Å²) in [5, 5.41) is 20.2. The van der Waals surface area contributed by atoms with Crippen molar-refractivity contribution in [3.8, 4) is 0 Å². The molecule has 0 radical (unpaired) electrons. The van der Waals surface area contributed by atoms with E-state index in [1.807, 2.05) is 35.2 Å². The van der Waals surface area contributed by atoms with Crippen LogP contribution in [0.1, 0.15) is 23.2 Å². The number of likely N-dealkylation sites (tertiary alicyclic amines) is 1. The van der Waals surface area contributed by atoms with Crippen molar-refractivity contribution in [2.24, 2.45) is 0 Å². The second-order valence-electron chi connectivity index (χ2n) is 7.85. The number of para-hydroxylation sites is 1. The zero-order valence-corrected chi connectivity index (χ0v) is 18.6. The van der Waals surface area contributed by atoms with Gasteiger partial charge in [0.15, 0.2) is 0 Å². The fourth-order valence-electron chi connectivity index (χ4n) is 3.69. The first-order chi connectivity index (χ1) is 16.0. The number of methoxy groups -OCH3 is 1. The summed E-state index contributed by atoms with van der Waals surface area (Å²) in [6, 6.07) is 13.6. The van der Waals surface area contributed by atoms with Crippen molar-refractivity contribution in [1.29, 1.82) is 0 Å². The highest BCUT2D eigenvalue weighted by Crippen LogP contribution is 2.25. The number of piperidine rings is 1. The summed E-state index contributed by atoms with van der Waals surface area (Å²) in [4.78, 5) is 37.9. The molecule has 10 heteroatoms. The number of benzene rings is 2. The zero-order valence-electron chi connectivity index (χ0n) is 18.6. The molecule has 10 nitrogen and oxygen atoms in total. The topological polar surface area (TPSA) is 126 Å². The summed E-state index contributed by atoms with van der Waals surface area (Å²) in [5.41, 5.74) is 1.19. The fraction of sp³-hybridized carbons (Fsp3) is 0.391. The Labute approximate surface area is 192 Å². The highest BCUT2D eigenvalue weighted by Gasteiger charge is 2.24. The van der Waals surface area contributed by atoms with Crippen molar-refractivity contribution in [3.63, 3.8) is 0 Å². The lowest BCUT2D eigenvalue weighted by Crippen LogP contribution is -2.46. The van der Waals surface area contributed by atoms with E-state index in [-0.39, 0.29) is 29.1 Å². The standard InChI is InChI=1S/C23H29N5O5/c1-33-14-11-24-20-8-7-17(15-21(20)28(31)32)23(30)26-19-9-12-27(13-10-19)16-22(29)25-18-5-3-2-4-6-18/h2-8,15,19,24H,9-14,16H2,1H3,(H,25,29)(H,26,30). The first kappa shape index (κ1) is 24.1. The predicted molar refractivity (Wildman–Crippen MR) is 125 cm³/mol. The number of nitro groups is 1. The second kappa shape index (κ2) is 11.9. The molecule has 2 amide bonds. The minimum absolute atomic E-state index is 0.0514. The first-order valence-corrected chi connectivity index (χ1v) is 10.9. The van der Waals surface area contributed by atoms with Gasteiger partial charge in [0, 0.05) is 50.1 Å². The maximum atomic E-state index is 12.7. The molecule has 0 saturated carbocycles. The van der Waals surface area contributed by atoms with Gasteiger partial charge in [0.2, 0.25) is 5.91 Å². The van der Waals surface area contributed by atoms with Gasteiger partial charge >= 0.3 is 0 Å². The van der Waals surface area contributed by atoms with Crippen molar-refractivity contribution in [3.05, 3.63) is 64.2 Å². The molecule has 2 aromatic carbocycles. The minimum Gasteiger partial charge on any atom is -0.383 e. The maximum Gasteiger partial charge on any atom is 0.293 e. The number of nitrogens with zero attached hydrogens (tertiary/aromatic N) is 2. The van der Waals surface area contributed by atoms with E-state index >= 15 is 0 Å². The Hall–Kier alpha value is -3.50. The summed E-state index contributed by atoms with van der Waals surface area (Å²) in [6.07, 6.45) is 1.40. The van der Waals surface area contributed by atoms with E-state index in [4.69, 9.17) is 4.74 Å². The number of ether oxygens (including phenoxy) is 1. The molecular weight excluding hydrogens is 426 g/mol. The molecule has 1 heterocycles. The zero-order chi connectivity index (χ0) is 23.6. The molecule has 1 aliphatic rings.